The molecule has 3 aromatic rings. The van der Waals surface area contributed by atoms with Gasteiger partial charge < -0.3 is 9.88 Å². The van der Waals surface area contributed by atoms with Crippen molar-refractivity contribution >= 4 is 15.9 Å². The number of nitrogens with zero attached hydrogens (tertiary/aromatic N) is 4. The number of aryl methyl sites for hydroxylation is 1. The van der Waals surface area contributed by atoms with Gasteiger partial charge in [0.15, 0.2) is 0 Å². The molecule has 0 radical (unpaired) electrons. The van der Waals surface area contributed by atoms with E-state index in [1.807, 2.05) is 6.07 Å². The number of carbonyl (C=O) groups is 1. The lowest BCUT2D eigenvalue weighted by molar-refractivity contribution is -0.121. The molecule has 10 heteroatoms. The summed E-state index contributed by atoms with van der Waals surface area (Å²) in [5.41, 5.74) is 0.799. The normalized spacial score (nSPS) is 12.4. The Bertz CT molecular complexity index is 1230. The van der Waals surface area contributed by atoms with Crippen LogP contribution in [0.1, 0.15) is 23.0 Å². The lowest BCUT2D eigenvalue weighted by atomic mass is 10.1. The van der Waals surface area contributed by atoms with E-state index in [9.17, 15) is 17.6 Å². The van der Waals surface area contributed by atoms with E-state index in [2.05, 4.69) is 10.3 Å². The van der Waals surface area contributed by atoms with Crippen LogP contribution in [0, 0.1) is 17.1 Å². The summed E-state index contributed by atoms with van der Waals surface area (Å²) < 4.78 is 41.9. The first kappa shape index (κ1) is 22.1. The lowest BCUT2D eigenvalue weighted by Gasteiger charge is -2.22. The van der Waals surface area contributed by atoms with Gasteiger partial charge in [0.1, 0.15) is 17.7 Å². The minimum atomic E-state index is -3.95. The topological polar surface area (TPSA) is 108 Å². The van der Waals surface area contributed by atoms with Gasteiger partial charge in [0, 0.05) is 26.5 Å². The quantitative estimate of drug-likeness (QED) is 0.603. The van der Waals surface area contributed by atoms with Gasteiger partial charge in [-0.3, -0.25) is 4.79 Å². The number of sulfonamides is 1. The zero-order valence-electron chi connectivity index (χ0n) is 16.9. The van der Waals surface area contributed by atoms with Crippen LogP contribution in [-0.4, -0.2) is 41.8 Å². The van der Waals surface area contributed by atoms with Gasteiger partial charge in [0.25, 0.3) is 0 Å². The highest BCUT2D eigenvalue weighted by atomic mass is 32.2. The third-order valence-corrected chi connectivity index (χ3v) is 6.48. The first-order chi connectivity index (χ1) is 14.7. The van der Waals surface area contributed by atoms with Gasteiger partial charge >= 0.3 is 0 Å². The molecule has 0 fully saturated rings. The third-order valence-electron chi connectivity index (χ3n) is 4.66. The minimum absolute atomic E-state index is 0.0346. The van der Waals surface area contributed by atoms with Crippen LogP contribution in [0.25, 0.3) is 0 Å². The molecule has 0 aliphatic rings. The SMILES string of the molecule is CN(CC(=O)NC(c1cccc(F)c1)c1nccn1C)S(=O)(=O)c1ccc(C#N)cc1. The fourth-order valence-electron chi connectivity index (χ4n) is 3.01. The molecule has 1 heterocycles. The van der Waals surface area contributed by atoms with Crippen LogP contribution in [0.5, 0.6) is 0 Å². The number of benzene rings is 2. The fourth-order valence-corrected chi connectivity index (χ4v) is 4.14. The number of nitriles is 1. The van der Waals surface area contributed by atoms with Crippen molar-refractivity contribution in [2.24, 2.45) is 7.05 Å². The molecule has 0 spiro atoms. The van der Waals surface area contributed by atoms with E-state index in [4.69, 9.17) is 5.26 Å². The molecule has 31 heavy (non-hydrogen) atoms. The number of carbonyl (C=O) groups excluding carboxylic acids is 1. The smallest absolute Gasteiger partial charge is 0.243 e. The zero-order valence-corrected chi connectivity index (χ0v) is 17.7. The highest BCUT2D eigenvalue weighted by Crippen LogP contribution is 2.21. The van der Waals surface area contributed by atoms with Crippen LogP contribution < -0.4 is 5.32 Å². The Labute approximate surface area is 179 Å². The maximum Gasteiger partial charge on any atom is 0.243 e. The van der Waals surface area contributed by atoms with Crippen LogP contribution in [0.15, 0.2) is 65.8 Å². The molecule has 0 saturated carbocycles. The van der Waals surface area contributed by atoms with Gasteiger partial charge in [-0.25, -0.2) is 17.8 Å². The summed E-state index contributed by atoms with van der Waals surface area (Å²) in [6.07, 6.45) is 3.24. The van der Waals surface area contributed by atoms with Gasteiger partial charge in [0.2, 0.25) is 15.9 Å². The van der Waals surface area contributed by atoms with E-state index in [1.165, 1.54) is 49.5 Å². The average Bonchev–Trinajstić information content (AvgIpc) is 3.17. The lowest BCUT2D eigenvalue weighted by Crippen LogP contribution is -2.40. The van der Waals surface area contributed by atoms with Crippen molar-refractivity contribution in [2.45, 2.75) is 10.9 Å². The Morgan fingerprint density at radius 2 is 2.00 bits per heavy atom. The zero-order chi connectivity index (χ0) is 22.6. The molecule has 0 aliphatic carbocycles. The molecular weight excluding hydrogens is 421 g/mol. The van der Waals surface area contributed by atoms with Crippen molar-refractivity contribution in [3.63, 3.8) is 0 Å². The van der Waals surface area contributed by atoms with E-state index >= 15 is 0 Å². The first-order valence-electron chi connectivity index (χ1n) is 9.21. The van der Waals surface area contributed by atoms with Crippen molar-refractivity contribution < 1.29 is 17.6 Å². The number of hydrogen-bond acceptors (Lipinski definition) is 5. The Morgan fingerprint density at radius 1 is 1.29 bits per heavy atom. The Hall–Kier alpha value is -3.55. The van der Waals surface area contributed by atoms with Crippen molar-refractivity contribution in [3.8, 4) is 6.07 Å². The number of amides is 1. The second kappa shape index (κ2) is 9.07. The molecule has 1 aromatic heterocycles. The predicted molar refractivity (Wildman–Crippen MR) is 111 cm³/mol. The number of hydrogen-bond donors (Lipinski definition) is 1. The number of likely N-dealkylation sites (N-methyl/N-ethyl adjacent to an activating group) is 1. The van der Waals surface area contributed by atoms with Crippen LogP contribution in [0.4, 0.5) is 4.39 Å². The van der Waals surface area contributed by atoms with Gasteiger partial charge in [-0.15, -0.1) is 0 Å². The van der Waals surface area contributed by atoms with E-state index in [1.54, 1.807) is 30.1 Å². The third kappa shape index (κ3) is 4.96. The number of aromatic nitrogens is 2. The molecule has 0 saturated heterocycles. The summed E-state index contributed by atoms with van der Waals surface area (Å²) in [5.74, 6) is -0.583. The summed E-state index contributed by atoms with van der Waals surface area (Å²) in [4.78, 5) is 16.9. The van der Waals surface area contributed by atoms with Gasteiger partial charge in [-0.1, -0.05) is 12.1 Å². The van der Waals surface area contributed by atoms with Gasteiger partial charge in [0.05, 0.1) is 23.1 Å². The fraction of sp³-hybridized carbons (Fsp3) is 0.190. The van der Waals surface area contributed by atoms with E-state index in [0.717, 1.165) is 4.31 Å². The van der Waals surface area contributed by atoms with Gasteiger partial charge in [-0.05, 0) is 42.0 Å². The molecular formula is C21H20FN5O3S. The van der Waals surface area contributed by atoms with E-state index in [0.29, 0.717) is 17.0 Å². The first-order valence-corrected chi connectivity index (χ1v) is 10.6. The molecule has 1 atom stereocenters. The monoisotopic (exact) mass is 441 g/mol. The maximum atomic E-state index is 13.8. The summed E-state index contributed by atoms with van der Waals surface area (Å²) >= 11 is 0. The Morgan fingerprint density at radius 3 is 2.58 bits per heavy atom. The summed E-state index contributed by atoms with van der Waals surface area (Å²) in [6.45, 7) is -0.460. The number of nitrogens with one attached hydrogen (secondary N) is 1. The molecule has 1 amide bonds. The number of rotatable bonds is 7. The Kier molecular flexibility index (Phi) is 6.48. The summed E-state index contributed by atoms with van der Waals surface area (Å²) in [6, 6.07) is 12.3. The number of imidazole rings is 1. The predicted octanol–water partition coefficient (Wildman–Crippen LogP) is 1.96. The summed E-state index contributed by atoms with van der Waals surface area (Å²) in [5, 5.41) is 11.6. The van der Waals surface area contributed by atoms with Crippen LogP contribution >= 0.6 is 0 Å². The molecule has 1 unspecified atom stereocenters. The second-order valence-corrected chi connectivity index (χ2v) is 8.89. The van der Waals surface area contributed by atoms with E-state index < -0.39 is 34.3 Å². The van der Waals surface area contributed by atoms with Crippen LogP contribution in [0.3, 0.4) is 0 Å². The molecule has 8 nitrogen and oxygen atoms in total. The largest absolute Gasteiger partial charge is 0.341 e. The molecule has 2 aromatic carbocycles. The van der Waals surface area contributed by atoms with Gasteiger partial charge in [-0.2, -0.15) is 9.57 Å². The minimum Gasteiger partial charge on any atom is -0.341 e. The van der Waals surface area contributed by atoms with Crippen molar-refractivity contribution in [3.05, 3.63) is 83.7 Å². The highest BCUT2D eigenvalue weighted by molar-refractivity contribution is 7.89. The standard InChI is InChI=1S/C21H20FN5O3S/c1-26-11-10-24-21(26)20(16-4-3-5-17(22)12-16)25-19(28)14-27(2)31(29,30)18-8-6-15(13-23)7-9-18/h3-12,20H,14H2,1-2H3,(H,25,28). The Balaban J connectivity index is 1.80. The van der Waals surface area contributed by atoms with Crippen LogP contribution in [-0.2, 0) is 21.9 Å². The van der Waals surface area contributed by atoms with E-state index in [-0.39, 0.29) is 4.90 Å². The number of halogens is 1. The molecule has 160 valence electrons. The molecule has 0 aliphatic heterocycles. The average molecular weight is 441 g/mol. The molecule has 1 N–H and O–H groups in total. The van der Waals surface area contributed by atoms with Crippen molar-refractivity contribution in [1.82, 2.24) is 19.2 Å². The highest BCUT2D eigenvalue weighted by Gasteiger charge is 2.26. The molecule has 0 bridgehead atoms. The van der Waals surface area contributed by atoms with Crippen molar-refractivity contribution in [2.75, 3.05) is 13.6 Å². The van der Waals surface area contributed by atoms with Crippen LogP contribution in [0.2, 0.25) is 0 Å². The van der Waals surface area contributed by atoms with Crippen molar-refractivity contribution in [1.29, 1.82) is 5.26 Å². The molecule has 3 rings (SSSR count). The summed E-state index contributed by atoms with van der Waals surface area (Å²) in [7, 11) is -0.925. The second-order valence-electron chi connectivity index (χ2n) is 6.85. The maximum absolute atomic E-state index is 13.8.